The first kappa shape index (κ1) is 34.2. The number of aliphatic hydroxyl groups is 5. The van der Waals surface area contributed by atoms with Gasteiger partial charge in [0.05, 0.1) is 31.0 Å². The first-order valence-electron chi connectivity index (χ1n) is 17.2. The molecule has 0 radical (unpaired) electrons. The molecule has 0 aromatic carbocycles. The third kappa shape index (κ3) is 5.65. The lowest BCUT2D eigenvalue weighted by molar-refractivity contribution is -0.384. The van der Waals surface area contributed by atoms with Crippen molar-refractivity contribution in [2.75, 3.05) is 13.7 Å². The minimum absolute atomic E-state index is 0.0305. The van der Waals surface area contributed by atoms with Crippen LogP contribution in [0.2, 0.25) is 0 Å². The highest BCUT2D eigenvalue weighted by atomic mass is 16.7. The summed E-state index contributed by atoms with van der Waals surface area (Å²) in [5.41, 5.74) is 0.926. The molecule has 11 heteroatoms. The second-order valence-corrected chi connectivity index (χ2v) is 15.3. The normalized spacial score (nSPS) is 54.3. The molecule has 0 amide bonds. The second-order valence-electron chi connectivity index (χ2n) is 15.3. The molecule has 45 heavy (non-hydrogen) atoms. The van der Waals surface area contributed by atoms with Gasteiger partial charge in [-0.2, -0.15) is 0 Å². The van der Waals surface area contributed by atoms with Gasteiger partial charge in [0.1, 0.15) is 30.5 Å². The van der Waals surface area contributed by atoms with E-state index in [2.05, 4.69) is 19.9 Å². The van der Waals surface area contributed by atoms with Crippen molar-refractivity contribution in [3.63, 3.8) is 0 Å². The molecule has 0 unspecified atom stereocenters. The van der Waals surface area contributed by atoms with Gasteiger partial charge in [-0.15, -0.1) is 0 Å². The van der Waals surface area contributed by atoms with E-state index in [9.17, 15) is 25.5 Å². The smallest absolute Gasteiger partial charge is 0.197 e. The summed E-state index contributed by atoms with van der Waals surface area (Å²) in [6, 6.07) is 0. The Kier molecular flexibility index (Phi) is 9.60. The maximum Gasteiger partial charge on any atom is 0.197 e. The minimum atomic E-state index is -1.52. The molecule has 258 valence electrons. The van der Waals surface area contributed by atoms with Crippen LogP contribution in [0.3, 0.4) is 0 Å². The van der Waals surface area contributed by atoms with Gasteiger partial charge < -0.3 is 54.0 Å². The highest BCUT2D eigenvalue weighted by Gasteiger charge is 2.65. The SMILES string of the molecule is CO[C@@H]1[C@H](O[C@H]2CC[C@@]3(C)C(=CC[C@@H]4[C@@H]3CC[C@@]3(C)[C@H]4CCO[C@]3(O)[C@H](C)O[C@H]3C[C@@H](O)[C@H](O)[C@@H](C)O3)C2)O[C@H](C)[C@H](O)[C@H]1O. The lowest BCUT2D eigenvalue weighted by Gasteiger charge is -2.64. The fraction of sp³-hybridized carbons (Fsp3) is 0.941. The Hall–Kier alpha value is -0.700. The van der Waals surface area contributed by atoms with Crippen LogP contribution in [0.5, 0.6) is 0 Å². The summed E-state index contributed by atoms with van der Waals surface area (Å²) in [6.45, 7) is 10.3. The predicted octanol–water partition coefficient (Wildman–Crippen LogP) is 2.39. The largest absolute Gasteiger partial charge is 0.390 e. The number of allylic oxidation sites excluding steroid dienone is 1. The maximum atomic E-state index is 12.3. The van der Waals surface area contributed by atoms with E-state index in [1.807, 2.05) is 6.92 Å². The zero-order valence-electron chi connectivity index (χ0n) is 27.7. The minimum Gasteiger partial charge on any atom is -0.390 e. The number of methoxy groups -OCH3 is 1. The van der Waals surface area contributed by atoms with Crippen LogP contribution in [0, 0.1) is 28.6 Å². The second kappa shape index (κ2) is 12.6. The van der Waals surface area contributed by atoms with E-state index < -0.39 is 72.6 Å². The van der Waals surface area contributed by atoms with E-state index >= 15 is 0 Å². The summed E-state index contributed by atoms with van der Waals surface area (Å²) in [6.07, 6.45) is 0.617. The van der Waals surface area contributed by atoms with E-state index in [0.717, 1.165) is 44.9 Å². The number of hydrogen-bond acceptors (Lipinski definition) is 11. The standard InChI is InChI=1S/C34H56O11/c1-17-27(36)25(35)16-26(42-17)44-19(3)34(39)33(5)13-10-23-22(24(33)11-14-41-34)8-7-20-15-21(9-12-32(20,23)4)45-31-30(40-6)29(38)28(37)18(2)43-31/h7,17-19,21-31,35-39H,8-16H2,1-6H3/t17-,18-,19+,21+,22-,23+,24+,25-,26+,27-,28+,29-,30+,31+,32+,33+,34-/m1/s1. The maximum absolute atomic E-state index is 12.3. The molecular weight excluding hydrogens is 584 g/mol. The van der Waals surface area contributed by atoms with Gasteiger partial charge >= 0.3 is 0 Å². The molecule has 3 saturated heterocycles. The van der Waals surface area contributed by atoms with E-state index in [1.54, 1.807) is 13.8 Å². The fourth-order valence-corrected chi connectivity index (χ4v) is 10.1. The molecule has 3 aliphatic heterocycles. The molecule has 17 atom stereocenters. The van der Waals surface area contributed by atoms with E-state index in [1.165, 1.54) is 12.7 Å². The lowest BCUT2D eigenvalue weighted by atomic mass is 9.45. The van der Waals surface area contributed by atoms with Crippen molar-refractivity contribution in [2.45, 2.75) is 159 Å². The molecule has 0 aromatic rings. The number of rotatable bonds is 6. The molecule has 3 aliphatic carbocycles. The van der Waals surface area contributed by atoms with Gasteiger partial charge in [-0.3, -0.25) is 0 Å². The molecule has 3 heterocycles. The van der Waals surface area contributed by atoms with Gasteiger partial charge in [-0.05, 0) is 88.9 Å². The van der Waals surface area contributed by atoms with Gasteiger partial charge in [-0.25, -0.2) is 0 Å². The first-order chi connectivity index (χ1) is 21.2. The van der Waals surface area contributed by atoms with E-state index in [4.69, 9.17) is 28.4 Å². The monoisotopic (exact) mass is 640 g/mol. The zero-order chi connectivity index (χ0) is 32.5. The van der Waals surface area contributed by atoms with Crippen LogP contribution in [0.15, 0.2) is 11.6 Å². The molecular formula is C34H56O11. The Bertz CT molecular complexity index is 1080. The highest BCUT2D eigenvalue weighted by molar-refractivity contribution is 5.25. The van der Waals surface area contributed by atoms with Gasteiger partial charge in [0, 0.05) is 18.9 Å². The number of hydrogen-bond donors (Lipinski definition) is 5. The summed E-state index contributed by atoms with van der Waals surface area (Å²) in [4.78, 5) is 0. The van der Waals surface area contributed by atoms with Crippen LogP contribution in [0.4, 0.5) is 0 Å². The molecule has 0 spiro atoms. The molecule has 0 aromatic heterocycles. The Labute approximate surface area is 267 Å². The van der Waals surface area contributed by atoms with Crippen LogP contribution in [-0.2, 0) is 28.4 Å². The van der Waals surface area contributed by atoms with Gasteiger partial charge in [0.2, 0.25) is 0 Å². The summed E-state index contributed by atoms with van der Waals surface area (Å²) >= 11 is 0. The van der Waals surface area contributed by atoms with Crippen LogP contribution in [0.25, 0.3) is 0 Å². The topological polar surface area (TPSA) is 157 Å². The van der Waals surface area contributed by atoms with Crippen LogP contribution in [-0.4, -0.2) is 113 Å². The summed E-state index contributed by atoms with van der Waals surface area (Å²) in [7, 11) is 1.50. The quantitative estimate of drug-likeness (QED) is 0.272. The average molecular weight is 641 g/mol. The molecule has 0 bridgehead atoms. The van der Waals surface area contributed by atoms with Gasteiger partial charge in [0.15, 0.2) is 18.4 Å². The average Bonchev–Trinajstić information content (AvgIpc) is 2.99. The van der Waals surface area contributed by atoms with Crippen molar-refractivity contribution < 1.29 is 54.0 Å². The molecule has 6 rings (SSSR count). The fourth-order valence-electron chi connectivity index (χ4n) is 10.1. The highest BCUT2D eigenvalue weighted by Crippen LogP contribution is 2.65. The Balaban J connectivity index is 1.15. The van der Waals surface area contributed by atoms with Crippen molar-refractivity contribution in [2.24, 2.45) is 28.6 Å². The van der Waals surface area contributed by atoms with Crippen LogP contribution < -0.4 is 0 Å². The third-order valence-corrected chi connectivity index (χ3v) is 13.0. The van der Waals surface area contributed by atoms with Crippen molar-refractivity contribution in [1.29, 1.82) is 0 Å². The lowest BCUT2D eigenvalue weighted by Crippen LogP contribution is -2.67. The van der Waals surface area contributed by atoms with Crippen molar-refractivity contribution in [1.82, 2.24) is 0 Å². The van der Waals surface area contributed by atoms with Crippen molar-refractivity contribution in [3.8, 4) is 0 Å². The third-order valence-electron chi connectivity index (χ3n) is 13.0. The molecule has 5 N–H and O–H groups in total. The first-order valence-corrected chi connectivity index (χ1v) is 17.2. The molecule has 5 fully saturated rings. The Morgan fingerprint density at radius 1 is 0.933 bits per heavy atom. The number of aliphatic hydroxyl groups excluding tert-OH is 4. The van der Waals surface area contributed by atoms with E-state index in [-0.39, 0.29) is 23.9 Å². The predicted molar refractivity (Wildman–Crippen MR) is 162 cm³/mol. The molecule has 2 saturated carbocycles. The van der Waals surface area contributed by atoms with E-state index in [0.29, 0.717) is 18.4 Å². The molecule has 11 nitrogen and oxygen atoms in total. The van der Waals surface area contributed by atoms with Crippen LogP contribution in [0.1, 0.15) is 86.0 Å². The molecule has 6 aliphatic rings. The Morgan fingerprint density at radius 2 is 1.67 bits per heavy atom. The summed E-state index contributed by atoms with van der Waals surface area (Å²) < 4.78 is 36.2. The van der Waals surface area contributed by atoms with Gasteiger partial charge in [0.25, 0.3) is 0 Å². The Morgan fingerprint density at radius 3 is 2.38 bits per heavy atom. The van der Waals surface area contributed by atoms with Crippen molar-refractivity contribution in [3.05, 3.63) is 11.6 Å². The van der Waals surface area contributed by atoms with Gasteiger partial charge in [-0.1, -0.05) is 25.5 Å². The number of fused-ring (bicyclic) bond motifs is 5. The van der Waals surface area contributed by atoms with Crippen molar-refractivity contribution >= 4 is 0 Å². The number of ether oxygens (including phenoxy) is 6. The summed E-state index contributed by atoms with van der Waals surface area (Å²) in [5, 5.41) is 53.5. The summed E-state index contributed by atoms with van der Waals surface area (Å²) in [5.74, 6) is -0.393. The zero-order valence-corrected chi connectivity index (χ0v) is 27.7. The van der Waals surface area contributed by atoms with Crippen LogP contribution >= 0.6 is 0 Å².